The Balaban J connectivity index is 1.22. The molecule has 3 aliphatic carbocycles. The van der Waals surface area contributed by atoms with Crippen molar-refractivity contribution in [3.8, 4) is 56.4 Å². The van der Waals surface area contributed by atoms with Crippen molar-refractivity contribution in [3.63, 3.8) is 0 Å². The van der Waals surface area contributed by atoms with Crippen LogP contribution in [-0.2, 0) is 16.2 Å². The molecule has 0 aliphatic heterocycles. The van der Waals surface area contributed by atoms with Gasteiger partial charge in [-0.2, -0.15) is 0 Å². The van der Waals surface area contributed by atoms with E-state index in [-0.39, 0.29) is 10.8 Å². The first-order valence-corrected chi connectivity index (χ1v) is 18.6. The van der Waals surface area contributed by atoms with E-state index in [0.29, 0.717) is 11.6 Å². The summed E-state index contributed by atoms with van der Waals surface area (Å²) in [6, 6.07) is 48.8. The largest absolute Gasteiger partial charge is 0.208 e. The van der Waals surface area contributed by atoms with Gasteiger partial charge in [-0.05, 0) is 104 Å². The van der Waals surface area contributed by atoms with E-state index in [2.05, 4.69) is 162 Å². The summed E-state index contributed by atoms with van der Waals surface area (Å²) in [6.45, 7) is 11.7. The van der Waals surface area contributed by atoms with Gasteiger partial charge in [0, 0.05) is 16.7 Å². The molecule has 0 radical (unpaired) electrons. The van der Waals surface area contributed by atoms with Crippen molar-refractivity contribution in [1.82, 2.24) is 15.0 Å². The number of hydrogen-bond acceptors (Lipinski definition) is 3. The van der Waals surface area contributed by atoms with E-state index in [1.54, 1.807) is 0 Å². The third-order valence-corrected chi connectivity index (χ3v) is 12.4. The molecule has 6 aromatic carbocycles. The molecule has 3 aliphatic rings. The zero-order valence-electron chi connectivity index (χ0n) is 30.5. The number of benzene rings is 6. The Morgan fingerprint density at radius 2 is 0.846 bits per heavy atom. The van der Waals surface area contributed by atoms with Gasteiger partial charge in [0.15, 0.2) is 17.5 Å². The summed E-state index contributed by atoms with van der Waals surface area (Å²) in [6.07, 6.45) is 2.33. The van der Waals surface area contributed by atoms with Crippen molar-refractivity contribution in [2.75, 3.05) is 0 Å². The standard InChI is InChI=1S/C49H41N3/c1-30-27-42-43(48(4,5)26-25-47(42,2)3)29-37(30)46-51-44(31-15-7-6-8-16-31)50-45(52-46)32-23-24-36-35-19-11-14-22-40(35)49(41(36)28-32)38-20-12-9-17-33(38)34-18-10-13-21-39(34)49/h6-24,27-29H,25-26H2,1-5H3. The molecule has 0 atom stereocenters. The first-order chi connectivity index (χ1) is 25.2. The van der Waals surface area contributed by atoms with E-state index in [1.807, 2.05) is 6.07 Å². The third kappa shape index (κ3) is 4.29. The minimum Gasteiger partial charge on any atom is -0.208 e. The lowest BCUT2D eigenvalue weighted by Gasteiger charge is -2.42. The fourth-order valence-corrected chi connectivity index (χ4v) is 9.54. The van der Waals surface area contributed by atoms with Gasteiger partial charge in [0.1, 0.15) is 0 Å². The molecule has 0 saturated heterocycles. The Hall–Kier alpha value is -5.67. The first kappa shape index (κ1) is 31.1. The second kappa shape index (κ2) is 10.9. The van der Waals surface area contributed by atoms with Gasteiger partial charge in [-0.1, -0.05) is 149 Å². The maximum absolute atomic E-state index is 5.35. The molecule has 1 aromatic heterocycles. The Bertz CT molecular complexity index is 2530. The van der Waals surface area contributed by atoms with Gasteiger partial charge in [0.25, 0.3) is 0 Å². The Morgan fingerprint density at radius 3 is 1.42 bits per heavy atom. The van der Waals surface area contributed by atoms with Gasteiger partial charge < -0.3 is 0 Å². The van der Waals surface area contributed by atoms with Crippen molar-refractivity contribution in [3.05, 3.63) is 172 Å². The lowest BCUT2D eigenvalue weighted by Crippen LogP contribution is -2.34. The summed E-state index contributed by atoms with van der Waals surface area (Å²) >= 11 is 0. The zero-order valence-corrected chi connectivity index (χ0v) is 30.5. The summed E-state index contributed by atoms with van der Waals surface area (Å²) in [5, 5.41) is 0. The maximum Gasteiger partial charge on any atom is 0.164 e. The molecule has 252 valence electrons. The second-order valence-corrected chi connectivity index (χ2v) is 16.3. The SMILES string of the molecule is Cc1cc2c(cc1-c1nc(-c3ccccc3)nc(-c3ccc4c(c3)C3(c5ccccc5-c5ccccc53)c3ccccc3-4)n1)C(C)(C)CCC2(C)C. The Kier molecular flexibility index (Phi) is 6.53. The van der Waals surface area contributed by atoms with Crippen LogP contribution in [0.15, 0.2) is 133 Å². The summed E-state index contributed by atoms with van der Waals surface area (Å²) in [7, 11) is 0. The molecule has 0 unspecified atom stereocenters. The van der Waals surface area contributed by atoms with E-state index in [4.69, 9.17) is 15.0 Å². The summed E-state index contributed by atoms with van der Waals surface area (Å²) < 4.78 is 0. The van der Waals surface area contributed by atoms with Crippen LogP contribution in [0.1, 0.15) is 79.5 Å². The minimum atomic E-state index is -0.430. The highest BCUT2D eigenvalue weighted by atomic mass is 15.0. The quantitative estimate of drug-likeness (QED) is 0.188. The van der Waals surface area contributed by atoms with Crippen LogP contribution < -0.4 is 0 Å². The van der Waals surface area contributed by atoms with Gasteiger partial charge in [-0.3, -0.25) is 0 Å². The van der Waals surface area contributed by atoms with Crippen molar-refractivity contribution in [2.45, 2.75) is 63.7 Å². The minimum absolute atomic E-state index is 0.0720. The van der Waals surface area contributed by atoms with Crippen LogP contribution in [0, 0.1) is 6.92 Å². The van der Waals surface area contributed by atoms with Crippen LogP contribution >= 0.6 is 0 Å². The highest BCUT2D eigenvalue weighted by molar-refractivity contribution is 5.95. The van der Waals surface area contributed by atoms with Gasteiger partial charge in [-0.15, -0.1) is 0 Å². The lowest BCUT2D eigenvalue weighted by molar-refractivity contribution is 0.332. The summed E-state index contributed by atoms with van der Waals surface area (Å²) in [5.74, 6) is 2.10. The molecule has 1 spiro atoms. The van der Waals surface area contributed by atoms with Crippen LogP contribution in [0.5, 0.6) is 0 Å². The topological polar surface area (TPSA) is 38.7 Å². The number of nitrogens with zero attached hydrogens (tertiary/aromatic N) is 3. The average Bonchev–Trinajstić information content (AvgIpc) is 3.64. The van der Waals surface area contributed by atoms with Crippen molar-refractivity contribution < 1.29 is 0 Å². The molecule has 10 rings (SSSR count). The highest BCUT2D eigenvalue weighted by Crippen LogP contribution is 2.63. The molecule has 0 saturated carbocycles. The number of aryl methyl sites for hydroxylation is 1. The predicted molar refractivity (Wildman–Crippen MR) is 212 cm³/mol. The van der Waals surface area contributed by atoms with E-state index >= 15 is 0 Å². The molecule has 7 aromatic rings. The molecular weight excluding hydrogens is 631 g/mol. The molecule has 0 amide bonds. The molecular formula is C49H41N3. The number of rotatable bonds is 3. The Morgan fingerprint density at radius 1 is 0.385 bits per heavy atom. The fourth-order valence-electron chi connectivity index (χ4n) is 9.54. The molecule has 0 bridgehead atoms. The van der Waals surface area contributed by atoms with E-state index in [9.17, 15) is 0 Å². The van der Waals surface area contributed by atoms with Crippen LogP contribution in [0.3, 0.4) is 0 Å². The number of fused-ring (bicyclic) bond motifs is 11. The molecule has 0 N–H and O–H groups in total. The molecule has 52 heavy (non-hydrogen) atoms. The maximum atomic E-state index is 5.35. The van der Waals surface area contributed by atoms with Crippen LogP contribution in [0.25, 0.3) is 56.4 Å². The first-order valence-electron chi connectivity index (χ1n) is 18.6. The van der Waals surface area contributed by atoms with Crippen LogP contribution in [-0.4, -0.2) is 15.0 Å². The molecule has 3 heteroatoms. The van der Waals surface area contributed by atoms with Crippen molar-refractivity contribution in [2.24, 2.45) is 0 Å². The zero-order chi connectivity index (χ0) is 35.4. The summed E-state index contributed by atoms with van der Waals surface area (Å²) in [5.41, 5.74) is 17.3. The predicted octanol–water partition coefficient (Wildman–Crippen LogP) is 11.9. The number of aromatic nitrogens is 3. The summed E-state index contributed by atoms with van der Waals surface area (Å²) in [4.78, 5) is 15.8. The van der Waals surface area contributed by atoms with Crippen molar-refractivity contribution >= 4 is 0 Å². The molecule has 3 nitrogen and oxygen atoms in total. The third-order valence-electron chi connectivity index (χ3n) is 12.4. The number of hydrogen-bond donors (Lipinski definition) is 0. The highest BCUT2D eigenvalue weighted by Gasteiger charge is 2.51. The smallest absolute Gasteiger partial charge is 0.164 e. The monoisotopic (exact) mass is 671 g/mol. The van der Waals surface area contributed by atoms with E-state index < -0.39 is 5.41 Å². The normalized spacial score (nSPS) is 16.5. The second-order valence-electron chi connectivity index (χ2n) is 16.3. The van der Waals surface area contributed by atoms with Crippen LogP contribution in [0.4, 0.5) is 0 Å². The van der Waals surface area contributed by atoms with Gasteiger partial charge >= 0.3 is 0 Å². The van der Waals surface area contributed by atoms with Crippen molar-refractivity contribution in [1.29, 1.82) is 0 Å². The molecule has 1 heterocycles. The van der Waals surface area contributed by atoms with Gasteiger partial charge in [0.05, 0.1) is 5.41 Å². The molecule has 0 fully saturated rings. The Labute approximate surface area is 306 Å². The van der Waals surface area contributed by atoms with E-state index in [0.717, 1.165) is 28.9 Å². The average molecular weight is 672 g/mol. The fraction of sp³-hybridized carbons (Fsp3) is 0.204. The van der Waals surface area contributed by atoms with E-state index in [1.165, 1.54) is 67.6 Å². The lowest BCUT2D eigenvalue weighted by atomic mass is 9.62. The van der Waals surface area contributed by atoms with Gasteiger partial charge in [0.2, 0.25) is 0 Å². The van der Waals surface area contributed by atoms with Gasteiger partial charge in [-0.25, -0.2) is 15.0 Å². The van der Waals surface area contributed by atoms with Crippen LogP contribution in [0.2, 0.25) is 0 Å².